The van der Waals surface area contributed by atoms with E-state index in [2.05, 4.69) is 5.32 Å². The Morgan fingerprint density at radius 2 is 1.85 bits per heavy atom. The lowest BCUT2D eigenvalue weighted by Gasteiger charge is -2.43. The van der Waals surface area contributed by atoms with Crippen molar-refractivity contribution in [3.05, 3.63) is 0 Å². The third-order valence-corrected chi connectivity index (χ3v) is 4.93. The van der Waals surface area contributed by atoms with Crippen LogP contribution in [0.3, 0.4) is 0 Å². The average molecular weight is 179 g/mol. The Morgan fingerprint density at radius 1 is 1.08 bits per heavy atom. The Bertz CT molecular complexity index is 255. The highest BCUT2D eigenvalue weighted by Crippen LogP contribution is 2.65. The summed E-state index contributed by atoms with van der Waals surface area (Å²) in [4.78, 5) is 0. The molecule has 4 fully saturated rings. The summed E-state index contributed by atoms with van der Waals surface area (Å²) >= 11 is 0. The van der Waals surface area contributed by atoms with Crippen LogP contribution in [0, 0.1) is 16.7 Å². The molecule has 72 valence electrons. The highest BCUT2D eigenvalue weighted by Gasteiger charge is 2.66. The van der Waals surface area contributed by atoms with Crippen LogP contribution in [0.1, 0.15) is 25.7 Å². The van der Waals surface area contributed by atoms with Gasteiger partial charge in [0.25, 0.3) is 0 Å². The van der Waals surface area contributed by atoms with Gasteiger partial charge in [-0.1, -0.05) is 0 Å². The van der Waals surface area contributed by atoms with Crippen molar-refractivity contribution < 1.29 is 4.74 Å². The van der Waals surface area contributed by atoms with E-state index in [0.29, 0.717) is 16.9 Å². The smallest absolute Gasteiger partial charge is 0.0699 e. The van der Waals surface area contributed by atoms with E-state index in [0.717, 1.165) is 12.5 Å². The summed E-state index contributed by atoms with van der Waals surface area (Å²) in [5.41, 5.74) is 1.38. The maximum absolute atomic E-state index is 5.83. The van der Waals surface area contributed by atoms with Crippen molar-refractivity contribution in [2.24, 2.45) is 16.7 Å². The van der Waals surface area contributed by atoms with Crippen LogP contribution in [-0.4, -0.2) is 25.8 Å². The van der Waals surface area contributed by atoms with Gasteiger partial charge in [-0.15, -0.1) is 0 Å². The van der Waals surface area contributed by atoms with E-state index in [9.17, 15) is 0 Å². The second-order valence-electron chi connectivity index (χ2n) is 5.69. The van der Waals surface area contributed by atoms with Gasteiger partial charge < -0.3 is 10.1 Å². The minimum absolute atomic E-state index is 0.644. The number of rotatable bonds is 1. The Kier molecular flexibility index (Phi) is 1.09. The molecule has 2 aliphatic carbocycles. The molecule has 4 aliphatic rings. The van der Waals surface area contributed by atoms with Crippen molar-refractivity contribution in [2.75, 3.05) is 19.7 Å². The third kappa shape index (κ3) is 0.774. The van der Waals surface area contributed by atoms with Gasteiger partial charge in [0.15, 0.2) is 0 Å². The van der Waals surface area contributed by atoms with Crippen LogP contribution in [0.4, 0.5) is 0 Å². The highest BCUT2D eigenvalue weighted by atomic mass is 16.5. The maximum atomic E-state index is 5.83. The van der Waals surface area contributed by atoms with Gasteiger partial charge in [0.2, 0.25) is 0 Å². The second-order valence-corrected chi connectivity index (χ2v) is 5.69. The number of hydrogen-bond acceptors (Lipinski definition) is 2. The molecule has 13 heavy (non-hydrogen) atoms. The molecule has 2 heteroatoms. The zero-order chi connectivity index (χ0) is 8.52. The topological polar surface area (TPSA) is 21.3 Å². The van der Waals surface area contributed by atoms with Gasteiger partial charge in [-0.2, -0.15) is 0 Å². The molecular formula is C11H17NO. The molecule has 0 radical (unpaired) electrons. The maximum Gasteiger partial charge on any atom is 0.0699 e. The van der Waals surface area contributed by atoms with Crippen LogP contribution in [0.15, 0.2) is 0 Å². The molecule has 2 saturated carbocycles. The molecule has 0 amide bonds. The second kappa shape index (κ2) is 1.96. The molecule has 2 saturated heterocycles. The summed E-state index contributed by atoms with van der Waals surface area (Å²) < 4.78 is 5.83. The summed E-state index contributed by atoms with van der Waals surface area (Å²) in [6, 6.07) is 0. The lowest BCUT2D eigenvalue weighted by atomic mass is 9.77. The third-order valence-electron chi connectivity index (χ3n) is 4.93. The van der Waals surface area contributed by atoms with Crippen molar-refractivity contribution in [3.63, 3.8) is 0 Å². The molecular weight excluding hydrogens is 162 g/mol. The van der Waals surface area contributed by atoms with Crippen LogP contribution in [0.25, 0.3) is 0 Å². The van der Waals surface area contributed by atoms with Gasteiger partial charge in [-0.05, 0) is 31.1 Å². The monoisotopic (exact) mass is 179 g/mol. The highest BCUT2D eigenvalue weighted by molar-refractivity contribution is 5.16. The lowest BCUT2D eigenvalue weighted by molar-refractivity contribution is -0.166. The minimum Gasteiger partial charge on any atom is -0.377 e. The Morgan fingerprint density at radius 3 is 2.38 bits per heavy atom. The molecule has 0 aromatic rings. The van der Waals surface area contributed by atoms with E-state index in [-0.39, 0.29) is 0 Å². The van der Waals surface area contributed by atoms with E-state index in [1.807, 2.05) is 0 Å². The van der Waals surface area contributed by atoms with E-state index in [1.54, 1.807) is 0 Å². The van der Waals surface area contributed by atoms with Crippen molar-refractivity contribution in [3.8, 4) is 0 Å². The van der Waals surface area contributed by atoms with Crippen LogP contribution >= 0.6 is 0 Å². The van der Waals surface area contributed by atoms with Crippen molar-refractivity contribution in [2.45, 2.75) is 31.8 Å². The summed E-state index contributed by atoms with van der Waals surface area (Å²) in [6.45, 7) is 3.57. The van der Waals surface area contributed by atoms with E-state index in [4.69, 9.17) is 4.74 Å². The molecule has 1 N–H and O–H groups in total. The molecule has 2 nitrogen and oxygen atoms in total. The summed E-state index contributed by atoms with van der Waals surface area (Å²) in [6.07, 6.45) is 6.46. The first-order chi connectivity index (χ1) is 6.35. The predicted octanol–water partition coefficient (Wildman–Crippen LogP) is 1.16. The van der Waals surface area contributed by atoms with Gasteiger partial charge in [-0.3, -0.25) is 0 Å². The zero-order valence-corrected chi connectivity index (χ0v) is 8.01. The first kappa shape index (κ1) is 7.24. The van der Waals surface area contributed by atoms with Crippen LogP contribution in [-0.2, 0) is 4.74 Å². The molecule has 0 aromatic carbocycles. The van der Waals surface area contributed by atoms with Gasteiger partial charge >= 0.3 is 0 Å². The van der Waals surface area contributed by atoms with E-state index in [1.165, 1.54) is 38.8 Å². The molecule has 2 atom stereocenters. The van der Waals surface area contributed by atoms with Crippen molar-refractivity contribution in [1.29, 1.82) is 0 Å². The Balaban J connectivity index is 1.60. The SMILES string of the molecule is C1NCC2(CC2)C1C1OCC12CC2. The fourth-order valence-electron chi connectivity index (χ4n) is 3.51. The average Bonchev–Trinajstić information content (AvgIpc) is 2.94. The molecule has 2 unspecified atom stereocenters. The van der Waals surface area contributed by atoms with E-state index < -0.39 is 0 Å². The molecule has 2 heterocycles. The van der Waals surface area contributed by atoms with Gasteiger partial charge in [0.05, 0.1) is 12.7 Å². The molecule has 0 aromatic heterocycles. The van der Waals surface area contributed by atoms with E-state index >= 15 is 0 Å². The molecule has 0 bridgehead atoms. The van der Waals surface area contributed by atoms with Crippen molar-refractivity contribution in [1.82, 2.24) is 5.32 Å². The molecule has 2 aliphatic heterocycles. The quantitative estimate of drug-likeness (QED) is 0.652. The van der Waals surface area contributed by atoms with Crippen LogP contribution < -0.4 is 5.32 Å². The largest absolute Gasteiger partial charge is 0.377 e. The molecule has 4 rings (SSSR count). The minimum atomic E-state index is 0.644. The fourth-order valence-corrected chi connectivity index (χ4v) is 3.51. The lowest BCUT2D eigenvalue weighted by Crippen LogP contribution is -2.49. The van der Waals surface area contributed by atoms with Gasteiger partial charge in [-0.25, -0.2) is 0 Å². The Hall–Kier alpha value is -0.0800. The first-order valence-electron chi connectivity index (χ1n) is 5.67. The van der Waals surface area contributed by atoms with Crippen molar-refractivity contribution >= 4 is 0 Å². The van der Waals surface area contributed by atoms with Crippen LogP contribution in [0.5, 0.6) is 0 Å². The molecule has 2 spiro atoms. The number of ether oxygens (including phenoxy) is 1. The first-order valence-corrected chi connectivity index (χ1v) is 5.67. The van der Waals surface area contributed by atoms with Gasteiger partial charge in [0.1, 0.15) is 0 Å². The standard InChI is InChI=1S/C11H17NO/c1-2-10(1)6-12-5-8(10)9-11(3-4-11)7-13-9/h8-9,12H,1-7H2. The predicted molar refractivity (Wildman–Crippen MR) is 49.4 cm³/mol. The summed E-state index contributed by atoms with van der Waals surface area (Å²) in [5.74, 6) is 0.865. The Labute approximate surface area is 79.0 Å². The summed E-state index contributed by atoms with van der Waals surface area (Å²) in [5, 5.41) is 3.56. The normalized spacial score (nSPS) is 48.0. The summed E-state index contributed by atoms with van der Waals surface area (Å²) in [7, 11) is 0. The number of hydrogen-bond donors (Lipinski definition) is 1. The van der Waals surface area contributed by atoms with Gasteiger partial charge in [0, 0.05) is 24.4 Å². The van der Waals surface area contributed by atoms with Crippen LogP contribution in [0.2, 0.25) is 0 Å². The number of nitrogens with one attached hydrogen (secondary N) is 1. The zero-order valence-electron chi connectivity index (χ0n) is 8.01. The fraction of sp³-hybridized carbons (Fsp3) is 1.00.